The lowest BCUT2D eigenvalue weighted by Gasteiger charge is -2.12. The third kappa shape index (κ3) is 2.16. The van der Waals surface area contributed by atoms with Crippen molar-refractivity contribution in [1.29, 1.82) is 0 Å². The number of ketones is 1. The van der Waals surface area contributed by atoms with E-state index in [0.717, 1.165) is 20.9 Å². The molecule has 0 spiro atoms. The van der Waals surface area contributed by atoms with Gasteiger partial charge in [0, 0.05) is 21.8 Å². The molecule has 0 bridgehead atoms. The Balaban J connectivity index is 2.14. The molecule has 0 radical (unpaired) electrons. The molecular weight excluding hydrogens is 272 g/mol. The fourth-order valence-electron chi connectivity index (χ4n) is 2.31. The molecule has 0 saturated heterocycles. The monoisotopic (exact) mass is 286 g/mol. The van der Waals surface area contributed by atoms with Crippen LogP contribution in [0.3, 0.4) is 0 Å². The third-order valence-electron chi connectivity index (χ3n) is 3.33. The van der Waals surface area contributed by atoms with Crippen LogP contribution in [0.4, 0.5) is 0 Å². The molecule has 0 saturated carbocycles. The van der Waals surface area contributed by atoms with Crippen molar-refractivity contribution in [1.82, 2.24) is 0 Å². The van der Waals surface area contributed by atoms with Crippen molar-refractivity contribution in [3.05, 3.63) is 47.5 Å². The molecule has 3 rings (SSSR count). The average molecular weight is 286 g/mol. The number of ether oxygens (including phenoxy) is 2. The van der Waals surface area contributed by atoms with E-state index in [1.807, 2.05) is 36.4 Å². The summed E-state index contributed by atoms with van der Waals surface area (Å²) in [4.78, 5) is 14.4. The maximum Gasteiger partial charge on any atom is 0.168 e. The van der Waals surface area contributed by atoms with Gasteiger partial charge in [-0.3, -0.25) is 4.79 Å². The molecule has 4 heteroatoms. The molecule has 1 heterocycles. The van der Waals surface area contributed by atoms with Crippen LogP contribution in [0.15, 0.2) is 46.2 Å². The highest BCUT2D eigenvalue weighted by atomic mass is 32.2. The number of methoxy groups -OCH3 is 2. The third-order valence-corrected chi connectivity index (χ3v) is 4.50. The zero-order valence-electron chi connectivity index (χ0n) is 11.3. The van der Waals surface area contributed by atoms with Crippen molar-refractivity contribution < 1.29 is 14.3 Å². The van der Waals surface area contributed by atoms with Crippen LogP contribution in [-0.2, 0) is 6.42 Å². The number of hydrogen-bond donors (Lipinski definition) is 0. The van der Waals surface area contributed by atoms with E-state index in [9.17, 15) is 4.79 Å². The topological polar surface area (TPSA) is 35.5 Å². The van der Waals surface area contributed by atoms with E-state index in [1.165, 1.54) is 0 Å². The van der Waals surface area contributed by atoms with E-state index in [2.05, 4.69) is 0 Å². The van der Waals surface area contributed by atoms with Crippen LogP contribution in [0, 0.1) is 0 Å². The summed E-state index contributed by atoms with van der Waals surface area (Å²) in [6.45, 7) is 0. The predicted octanol–water partition coefficient (Wildman–Crippen LogP) is 3.59. The van der Waals surface area contributed by atoms with Crippen LogP contribution in [0.2, 0.25) is 0 Å². The Hall–Kier alpha value is -1.94. The molecule has 0 atom stereocenters. The van der Waals surface area contributed by atoms with Gasteiger partial charge in [-0.1, -0.05) is 30.0 Å². The first kappa shape index (κ1) is 13.1. The number of benzene rings is 2. The lowest BCUT2D eigenvalue weighted by Crippen LogP contribution is -2.03. The number of carbonyl (C=O) groups excluding carboxylic acids is 1. The first-order chi connectivity index (χ1) is 9.72. The minimum Gasteiger partial charge on any atom is -0.493 e. The summed E-state index contributed by atoms with van der Waals surface area (Å²) in [6.07, 6.45) is 0.389. The maximum atomic E-state index is 12.3. The second-order valence-corrected chi connectivity index (χ2v) is 5.60. The van der Waals surface area contributed by atoms with Crippen LogP contribution in [-0.4, -0.2) is 20.0 Å². The van der Waals surface area contributed by atoms with Gasteiger partial charge in [0.1, 0.15) is 0 Å². The van der Waals surface area contributed by atoms with Gasteiger partial charge in [0.15, 0.2) is 17.3 Å². The average Bonchev–Trinajstić information content (AvgIpc) is 2.61. The van der Waals surface area contributed by atoms with E-state index < -0.39 is 0 Å². The summed E-state index contributed by atoms with van der Waals surface area (Å²) in [5.74, 6) is 1.48. The molecular formula is C16H14O3S. The predicted molar refractivity (Wildman–Crippen MR) is 78.1 cm³/mol. The van der Waals surface area contributed by atoms with Crippen molar-refractivity contribution >= 4 is 17.5 Å². The van der Waals surface area contributed by atoms with Gasteiger partial charge in [-0.25, -0.2) is 0 Å². The Bertz CT molecular complexity index is 679. The normalized spacial score (nSPS) is 13.2. The second kappa shape index (κ2) is 5.21. The number of rotatable bonds is 2. The van der Waals surface area contributed by atoms with Crippen LogP contribution >= 0.6 is 11.8 Å². The Morgan fingerprint density at radius 2 is 1.70 bits per heavy atom. The van der Waals surface area contributed by atoms with E-state index in [0.29, 0.717) is 17.9 Å². The SMILES string of the molecule is COc1cc2c(cc1OC)Sc1ccccc1C(=O)C2. The second-order valence-electron chi connectivity index (χ2n) is 4.51. The fourth-order valence-corrected chi connectivity index (χ4v) is 3.41. The van der Waals surface area contributed by atoms with E-state index >= 15 is 0 Å². The van der Waals surface area contributed by atoms with Gasteiger partial charge < -0.3 is 9.47 Å². The highest BCUT2D eigenvalue weighted by Crippen LogP contribution is 2.42. The van der Waals surface area contributed by atoms with Crippen LogP contribution in [0.1, 0.15) is 15.9 Å². The van der Waals surface area contributed by atoms with Gasteiger partial charge in [-0.05, 0) is 23.8 Å². The van der Waals surface area contributed by atoms with Crippen LogP contribution < -0.4 is 9.47 Å². The smallest absolute Gasteiger partial charge is 0.168 e. The molecule has 2 aromatic rings. The van der Waals surface area contributed by atoms with Crippen molar-refractivity contribution in [2.45, 2.75) is 16.2 Å². The van der Waals surface area contributed by atoms with Gasteiger partial charge in [-0.15, -0.1) is 0 Å². The molecule has 0 unspecified atom stereocenters. The molecule has 0 N–H and O–H groups in total. The lowest BCUT2D eigenvalue weighted by molar-refractivity contribution is 0.0990. The number of fused-ring (bicyclic) bond motifs is 2. The molecule has 1 aliphatic heterocycles. The van der Waals surface area contributed by atoms with E-state index in [4.69, 9.17) is 9.47 Å². The van der Waals surface area contributed by atoms with Crippen LogP contribution in [0.5, 0.6) is 11.5 Å². The molecule has 1 aliphatic rings. The minimum absolute atomic E-state index is 0.138. The number of hydrogen-bond acceptors (Lipinski definition) is 4. The summed E-state index contributed by atoms with van der Waals surface area (Å²) in [7, 11) is 3.22. The quantitative estimate of drug-likeness (QED) is 0.845. The lowest BCUT2D eigenvalue weighted by atomic mass is 10.0. The fraction of sp³-hybridized carbons (Fsp3) is 0.188. The molecule has 0 aromatic heterocycles. The zero-order valence-corrected chi connectivity index (χ0v) is 12.1. The Labute approximate surface area is 121 Å². The van der Waals surface area contributed by atoms with Gasteiger partial charge in [0.25, 0.3) is 0 Å². The summed E-state index contributed by atoms with van der Waals surface area (Å²) >= 11 is 1.60. The van der Waals surface area contributed by atoms with Gasteiger partial charge in [0.05, 0.1) is 14.2 Å². The highest BCUT2D eigenvalue weighted by molar-refractivity contribution is 7.99. The van der Waals surface area contributed by atoms with Gasteiger partial charge >= 0.3 is 0 Å². The Kier molecular flexibility index (Phi) is 3.40. The van der Waals surface area contributed by atoms with Crippen LogP contribution in [0.25, 0.3) is 0 Å². The number of Topliss-reactive ketones (excluding diaryl/α,β-unsaturated/α-hetero) is 1. The van der Waals surface area contributed by atoms with E-state index in [-0.39, 0.29) is 5.78 Å². The van der Waals surface area contributed by atoms with Crippen molar-refractivity contribution in [3.8, 4) is 11.5 Å². The Morgan fingerprint density at radius 1 is 1.00 bits per heavy atom. The maximum absolute atomic E-state index is 12.3. The molecule has 102 valence electrons. The summed E-state index contributed by atoms with van der Waals surface area (Å²) in [5.41, 5.74) is 1.76. The standard InChI is InChI=1S/C16H14O3S/c1-18-13-8-10-7-12(17)11-5-3-4-6-15(11)20-16(10)9-14(13)19-2/h3-6,8-9H,7H2,1-2H3. The first-order valence-corrected chi connectivity index (χ1v) is 7.09. The van der Waals surface area contributed by atoms with Crippen molar-refractivity contribution in [2.75, 3.05) is 14.2 Å². The molecule has 20 heavy (non-hydrogen) atoms. The van der Waals surface area contributed by atoms with E-state index in [1.54, 1.807) is 26.0 Å². The summed E-state index contributed by atoms with van der Waals surface area (Å²) < 4.78 is 10.6. The summed E-state index contributed by atoms with van der Waals surface area (Å²) in [6, 6.07) is 11.5. The van der Waals surface area contributed by atoms with Crippen molar-refractivity contribution in [3.63, 3.8) is 0 Å². The Morgan fingerprint density at radius 3 is 2.45 bits per heavy atom. The molecule has 0 fully saturated rings. The van der Waals surface area contributed by atoms with Crippen molar-refractivity contribution in [2.24, 2.45) is 0 Å². The largest absolute Gasteiger partial charge is 0.493 e. The molecule has 0 amide bonds. The molecule has 2 aromatic carbocycles. The molecule has 0 aliphatic carbocycles. The summed E-state index contributed by atoms with van der Waals surface area (Å²) in [5, 5.41) is 0. The zero-order chi connectivity index (χ0) is 14.1. The minimum atomic E-state index is 0.138. The first-order valence-electron chi connectivity index (χ1n) is 6.28. The van der Waals surface area contributed by atoms with Gasteiger partial charge in [0.2, 0.25) is 0 Å². The van der Waals surface area contributed by atoms with Gasteiger partial charge in [-0.2, -0.15) is 0 Å². The number of carbonyl (C=O) groups is 1. The highest BCUT2D eigenvalue weighted by Gasteiger charge is 2.22. The molecule has 3 nitrogen and oxygen atoms in total.